The number of rotatable bonds is 9. The summed E-state index contributed by atoms with van der Waals surface area (Å²) in [5, 5.41) is 0. The van der Waals surface area contributed by atoms with Crippen molar-refractivity contribution < 1.29 is 29.0 Å². The van der Waals surface area contributed by atoms with Crippen LogP contribution < -0.4 is 9.47 Å². The zero-order valence-corrected chi connectivity index (χ0v) is 35.1. The average molecular weight is 862 g/mol. The second-order valence-electron chi connectivity index (χ2n) is 12.9. The predicted molar refractivity (Wildman–Crippen MR) is 235 cm³/mol. The van der Waals surface area contributed by atoms with Crippen LogP contribution >= 0.6 is 0 Å². The Labute approximate surface area is 359 Å². The maximum atomic E-state index is 5.26. The van der Waals surface area contributed by atoms with Gasteiger partial charge in [-0.2, -0.15) is 0 Å². The largest absolute Gasteiger partial charge is 0.497 e. The Morgan fingerprint density at radius 2 is 0.678 bits per heavy atom. The van der Waals surface area contributed by atoms with E-state index in [2.05, 4.69) is 92.3 Å². The second-order valence-corrected chi connectivity index (χ2v) is 12.9. The predicted octanol–water partition coefficient (Wildman–Crippen LogP) is 11.6. The van der Waals surface area contributed by atoms with Gasteiger partial charge in [-0.1, -0.05) is 60.7 Å². The minimum atomic E-state index is 0. The van der Waals surface area contributed by atoms with Crippen molar-refractivity contribution in [3.05, 3.63) is 205 Å². The standard InChI is InChI=1S/C30H28N2O2.2C10H8N2.Ru/c1-21(25-5-9-27(33-3)10-6-25)17-23-13-15-31-29(19-23)30-20-24(14-16-32-30)18-22(2)26-7-11-28(34-4)12-8-26;2*1-3-7-11-9(5-1)10-6-2-4-8-12-10;/h5-20H,1-4H3;2*1-8H;/b21-17+,22-18+;;;. The maximum Gasteiger partial charge on any atom is 0.118 e. The molecular formula is C50H44N6O2Ru. The van der Waals surface area contributed by atoms with Gasteiger partial charge in [-0.15, -0.1) is 0 Å². The van der Waals surface area contributed by atoms with Gasteiger partial charge in [0.05, 0.1) is 48.4 Å². The van der Waals surface area contributed by atoms with Crippen LogP contribution in [0.2, 0.25) is 0 Å². The van der Waals surface area contributed by atoms with E-state index in [9.17, 15) is 0 Å². The molecule has 0 spiro atoms. The first-order valence-corrected chi connectivity index (χ1v) is 18.7. The maximum absolute atomic E-state index is 5.26. The van der Waals surface area contributed by atoms with Crippen molar-refractivity contribution in [2.75, 3.05) is 14.2 Å². The quantitative estimate of drug-likeness (QED) is 0.132. The minimum absolute atomic E-state index is 0. The van der Waals surface area contributed by atoms with Gasteiger partial charge >= 0.3 is 0 Å². The summed E-state index contributed by atoms with van der Waals surface area (Å²) in [7, 11) is 3.35. The van der Waals surface area contributed by atoms with Gasteiger partial charge in [-0.3, -0.25) is 29.9 Å². The van der Waals surface area contributed by atoms with E-state index in [0.29, 0.717) is 0 Å². The summed E-state index contributed by atoms with van der Waals surface area (Å²) in [6.45, 7) is 4.21. The molecule has 0 saturated carbocycles. The monoisotopic (exact) mass is 862 g/mol. The number of ether oxygens (including phenoxy) is 2. The fraction of sp³-hybridized carbons (Fsp3) is 0.0800. The summed E-state index contributed by atoms with van der Waals surface area (Å²) in [5.41, 5.74) is 12.1. The van der Waals surface area contributed by atoms with Gasteiger partial charge < -0.3 is 9.47 Å². The van der Waals surface area contributed by atoms with Crippen LogP contribution in [0.4, 0.5) is 0 Å². The third-order valence-electron chi connectivity index (χ3n) is 8.87. The van der Waals surface area contributed by atoms with Crippen molar-refractivity contribution >= 4 is 23.3 Å². The van der Waals surface area contributed by atoms with E-state index < -0.39 is 0 Å². The molecule has 0 aliphatic heterocycles. The number of hydrogen-bond donors (Lipinski definition) is 0. The van der Waals surface area contributed by atoms with Crippen LogP contribution in [0.25, 0.3) is 57.5 Å². The molecule has 8 aromatic rings. The van der Waals surface area contributed by atoms with Gasteiger partial charge in [0, 0.05) is 56.7 Å². The van der Waals surface area contributed by atoms with Crippen LogP contribution in [-0.2, 0) is 19.5 Å². The van der Waals surface area contributed by atoms with Crippen molar-refractivity contribution in [3.63, 3.8) is 0 Å². The van der Waals surface area contributed by atoms with Crippen molar-refractivity contribution in [1.29, 1.82) is 0 Å². The van der Waals surface area contributed by atoms with E-state index in [1.165, 1.54) is 11.1 Å². The zero-order chi connectivity index (χ0) is 40.4. The number of benzene rings is 2. The smallest absolute Gasteiger partial charge is 0.118 e. The molecule has 0 unspecified atom stereocenters. The second kappa shape index (κ2) is 22.7. The molecule has 0 radical (unpaired) electrons. The van der Waals surface area contributed by atoms with Gasteiger partial charge in [0.15, 0.2) is 0 Å². The number of hydrogen-bond acceptors (Lipinski definition) is 8. The molecule has 0 bridgehead atoms. The first-order valence-electron chi connectivity index (χ1n) is 18.7. The Morgan fingerprint density at radius 3 is 0.949 bits per heavy atom. The Kier molecular flexibility index (Phi) is 16.6. The molecule has 0 fully saturated rings. The fourth-order valence-electron chi connectivity index (χ4n) is 5.79. The van der Waals surface area contributed by atoms with E-state index in [1.54, 1.807) is 39.0 Å². The Hall–Kier alpha value is -6.96. The topological polar surface area (TPSA) is 95.8 Å². The van der Waals surface area contributed by atoms with Crippen LogP contribution in [0.3, 0.4) is 0 Å². The third-order valence-corrected chi connectivity index (χ3v) is 8.87. The zero-order valence-electron chi connectivity index (χ0n) is 33.3. The molecule has 0 aliphatic carbocycles. The number of methoxy groups -OCH3 is 2. The van der Waals surface area contributed by atoms with Crippen LogP contribution in [0.15, 0.2) is 183 Å². The van der Waals surface area contributed by atoms with Crippen LogP contribution in [0.1, 0.15) is 36.1 Å². The Balaban J connectivity index is 0.000000213. The summed E-state index contributed by atoms with van der Waals surface area (Å²) in [4.78, 5) is 25.9. The first kappa shape index (κ1) is 43.2. The summed E-state index contributed by atoms with van der Waals surface area (Å²) in [5.74, 6) is 1.70. The summed E-state index contributed by atoms with van der Waals surface area (Å²) in [6.07, 6.45) is 15.0. The molecule has 0 saturated heterocycles. The normalized spacial score (nSPS) is 10.8. The van der Waals surface area contributed by atoms with E-state index in [-0.39, 0.29) is 19.5 Å². The van der Waals surface area contributed by atoms with Crippen molar-refractivity contribution in [2.45, 2.75) is 13.8 Å². The molecular weight excluding hydrogens is 818 g/mol. The summed E-state index contributed by atoms with van der Waals surface area (Å²) >= 11 is 0. The molecule has 294 valence electrons. The van der Waals surface area contributed by atoms with Crippen LogP contribution in [0, 0.1) is 0 Å². The van der Waals surface area contributed by atoms with E-state index in [1.807, 2.05) is 122 Å². The van der Waals surface area contributed by atoms with Gasteiger partial charge in [-0.05, 0) is 144 Å². The first-order chi connectivity index (χ1) is 28.5. The average Bonchev–Trinajstić information content (AvgIpc) is 3.31. The number of allylic oxidation sites excluding steroid dienone is 2. The van der Waals surface area contributed by atoms with Gasteiger partial charge in [-0.25, -0.2) is 0 Å². The third kappa shape index (κ3) is 13.0. The molecule has 0 aliphatic rings. The molecule has 8 nitrogen and oxygen atoms in total. The number of pyridine rings is 6. The molecule has 59 heavy (non-hydrogen) atoms. The number of aromatic nitrogens is 6. The van der Waals surface area contributed by atoms with Crippen LogP contribution in [0.5, 0.6) is 11.5 Å². The van der Waals surface area contributed by atoms with Crippen LogP contribution in [-0.4, -0.2) is 44.1 Å². The molecule has 6 heterocycles. The van der Waals surface area contributed by atoms with E-state index >= 15 is 0 Å². The van der Waals surface area contributed by atoms with Crippen molar-refractivity contribution in [1.82, 2.24) is 29.9 Å². The van der Waals surface area contributed by atoms with Crippen molar-refractivity contribution in [2.24, 2.45) is 0 Å². The van der Waals surface area contributed by atoms with E-state index in [4.69, 9.17) is 9.47 Å². The fourth-order valence-corrected chi connectivity index (χ4v) is 5.79. The SMILES string of the molecule is COc1ccc(/C(C)=C/c2ccnc(-c3cc(/C=C(\C)c4ccc(OC)cc4)ccn3)c2)cc1.[Ru].c1ccc(-c2ccccn2)nc1.c1ccc(-c2ccccn2)nc1. The molecule has 2 aromatic carbocycles. The Bertz CT molecular complexity index is 2260. The van der Waals surface area contributed by atoms with E-state index in [0.717, 1.165) is 67.9 Å². The molecule has 9 heteroatoms. The molecule has 0 amide bonds. The molecule has 8 rings (SSSR count). The van der Waals surface area contributed by atoms with Gasteiger partial charge in [0.1, 0.15) is 11.5 Å². The summed E-state index contributed by atoms with van der Waals surface area (Å²) < 4.78 is 10.5. The van der Waals surface area contributed by atoms with Gasteiger partial charge in [0.2, 0.25) is 0 Å². The summed E-state index contributed by atoms with van der Waals surface area (Å²) in [6, 6.07) is 47.5. The molecule has 0 atom stereocenters. The Morgan fingerprint density at radius 1 is 0.373 bits per heavy atom. The molecule has 6 aromatic heterocycles. The van der Waals surface area contributed by atoms with Crippen molar-refractivity contribution in [3.8, 4) is 45.7 Å². The minimum Gasteiger partial charge on any atom is -0.497 e. The van der Waals surface area contributed by atoms with Gasteiger partial charge in [0.25, 0.3) is 0 Å². The number of nitrogens with zero attached hydrogens (tertiary/aromatic N) is 6. The molecule has 0 N–H and O–H groups in total.